The number of H-pyrrole nitrogens is 1. The molecule has 98 valence electrons. The maximum atomic E-state index is 6.05. The molecule has 1 unspecified atom stereocenters. The molecule has 4 N–H and O–H groups in total. The second kappa shape index (κ2) is 4.75. The third-order valence-electron chi connectivity index (χ3n) is 3.00. The zero-order chi connectivity index (χ0) is 13.4. The molecule has 0 fully saturated rings. The molecule has 19 heavy (non-hydrogen) atoms. The third-order valence-corrected chi connectivity index (χ3v) is 4.42. The average Bonchev–Trinajstić information content (AvgIpc) is 2.98. The van der Waals surface area contributed by atoms with Crippen LogP contribution in [0.2, 0.25) is 4.34 Å². The summed E-state index contributed by atoms with van der Waals surface area (Å²) >= 11 is 7.52. The number of nitrogens with two attached hydrogens (primary N) is 1. The van der Waals surface area contributed by atoms with Crippen molar-refractivity contribution in [1.82, 2.24) is 10.2 Å². The van der Waals surface area contributed by atoms with Crippen molar-refractivity contribution in [1.29, 1.82) is 0 Å². The Labute approximate surface area is 119 Å². The van der Waals surface area contributed by atoms with Crippen LogP contribution in [0.15, 0.2) is 30.5 Å². The molecule has 3 rings (SSSR count). The number of rotatable bonds is 3. The largest absolute Gasteiger partial charge is 0.397 e. The summed E-state index contributed by atoms with van der Waals surface area (Å²) in [5.41, 5.74) is 8.62. The fourth-order valence-electron chi connectivity index (χ4n) is 2.00. The molecule has 2 aromatic heterocycles. The normalized spacial score (nSPS) is 12.7. The molecule has 0 aliphatic carbocycles. The van der Waals surface area contributed by atoms with E-state index < -0.39 is 0 Å². The zero-order valence-corrected chi connectivity index (χ0v) is 11.8. The van der Waals surface area contributed by atoms with Crippen LogP contribution in [0.5, 0.6) is 0 Å². The van der Waals surface area contributed by atoms with E-state index in [4.69, 9.17) is 17.3 Å². The van der Waals surface area contributed by atoms with Gasteiger partial charge in [-0.1, -0.05) is 11.6 Å². The van der Waals surface area contributed by atoms with Gasteiger partial charge < -0.3 is 11.1 Å². The topological polar surface area (TPSA) is 66.7 Å². The summed E-state index contributed by atoms with van der Waals surface area (Å²) in [7, 11) is 0. The number of halogens is 1. The molecule has 0 aliphatic heterocycles. The van der Waals surface area contributed by atoms with E-state index in [9.17, 15) is 0 Å². The van der Waals surface area contributed by atoms with E-state index in [1.807, 2.05) is 24.3 Å². The van der Waals surface area contributed by atoms with Crippen molar-refractivity contribution in [3.05, 3.63) is 39.7 Å². The van der Waals surface area contributed by atoms with Crippen LogP contribution in [0.4, 0.5) is 11.4 Å². The van der Waals surface area contributed by atoms with E-state index in [1.54, 1.807) is 17.5 Å². The van der Waals surface area contributed by atoms with Crippen LogP contribution in [0.1, 0.15) is 17.8 Å². The molecule has 4 nitrogen and oxygen atoms in total. The van der Waals surface area contributed by atoms with Crippen LogP contribution in [0, 0.1) is 0 Å². The fraction of sp³-hybridized carbons (Fsp3) is 0.154. The Bertz CT molecular complexity index is 718. The van der Waals surface area contributed by atoms with E-state index in [-0.39, 0.29) is 6.04 Å². The van der Waals surface area contributed by atoms with E-state index in [1.165, 1.54) is 4.88 Å². The smallest absolute Gasteiger partial charge is 0.0932 e. The maximum absolute atomic E-state index is 6.05. The minimum atomic E-state index is 0.153. The summed E-state index contributed by atoms with van der Waals surface area (Å²) in [4.78, 5) is 1.18. The van der Waals surface area contributed by atoms with Crippen LogP contribution in [-0.4, -0.2) is 10.2 Å². The van der Waals surface area contributed by atoms with Gasteiger partial charge in [0.25, 0.3) is 0 Å². The van der Waals surface area contributed by atoms with E-state index >= 15 is 0 Å². The molecule has 0 bridgehead atoms. The van der Waals surface area contributed by atoms with Gasteiger partial charge in [0, 0.05) is 10.3 Å². The Kier molecular flexibility index (Phi) is 3.08. The van der Waals surface area contributed by atoms with Gasteiger partial charge in [0.15, 0.2) is 0 Å². The molecular weight excluding hydrogens is 280 g/mol. The van der Waals surface area contributed by atoms with Gasteiger partial charge in [0.1, 0.15) is 0 Å². The monoisotopic (exact) mass is 292 g/mol. The van der Waals surface area contributed by atoms with Gasteiger partial charge in [-0.3, -0.25) is 5.10 Å². The molecular formula is C13H13ClN4S. The first-order valence-electron chi connectivity index (χ1n) is 5.88. The Morgan fingerprint density at radius 1 is 1.42 bits per heavy atom. The van der Waals surface area contributed by atoms with Crippen molar-refractivity contribution in [3.63, 3.8) is 0 Å². The van der Waals surface area contributed by atoms with Gasteiger partial charge in [0.2, 0.25) is 0 Å². The number of aromatic amines is 1. The Hall–Kier alpha value is -1.72. The molecule has 2 heterocycles. The predicted octanol–water partition coefficient (Wildman–Crippen LogP) is 4.03. The van der Waals surface area contributed by atoms with Gasteiger partial charge in [-0.2, -0.15) is 5.10 Å². The maximum Gasteiger partial charge on any atom is 0.0932 e. The number of hydrogen-bond donors (Lipinski definition) is 3. The van der Waals surface area contributed by atoms with Gasteiger partial charge in [-0.05, 0) is 31.2 Å². The van der Waals surface area contributed by atoms with Crippen LogP contribution in [0.25, 0.3) is 10.9 Å². The molecule has 6 heteroatoms. The number of hydrogen-bond acceptors (Lipinski definition) is 4. The first kappa shape index (κ1) is 12.3. The predicted molar refractivity (Wildman–Crippen MR) is 81.9 cm³/mol. The number of nitrogens with zero attached hydrogens (tertiary/aromatic N) is 1. The molecule has 0 amide bonds. The van der Waals surface area contributed by atoms with Crippen LogP contribution in [-0.2, 0) is 0 Å². The highest BCUT2D eigenvalue weighted by atomic mass is 35.5. The second-order valence-electron chi connectivity index (χ2n) is 4.40. The Balaban J connectivity index is 1.89. The first-order chi connectivity index (χ1) is 9.13. The van der Waals surface area contributed by atoms with Crippen molar-refractivity contribution in [2.45, 2.75) is 13.0 Å². The summed E-state index contributed by atoms with van der Waals surface area (Å²) in [6.45, 7) is 2.08. The lowest BCUT2D eigenvalue weighted by molar-refractivity contribution is 0.909. The number of fused-ring (bicyclic) bond motifs is 1. The molecule has 0 spiro atoms. The number of benzene rings is 1. The van der Waals surface area contributed by atoms with Crippen molar-refractivity contribution in [2.75, 3.05) is 11.1 Å². The SMILES string of the molecule is CC(Nc1cc2[nH]ncc2cc1N)c1ccc(Cl)s1. The van der Waals surface area contributed by atoms with Gasteiger partial charge in [0.05, 0.1) is 33.5 Å². The zero-order valence-electron chi connectivity index (χ0n) is 10.3. The number of nitrogens with one attached hydrogen (secondary N) is 2. The molecule has 0 aliphatic rings. The average molecular weight is 293 g/mol. The second-order valence-corrected chi connectivity index (χ2v) is 6.15. The summed E-state index contributed by atoms with van der Waals surface area (Å²) in [5, 5.41) is 11.4. The summed E-state index contributed by atoms with van der Waals surface area (Å²) < 4.78 is 0.792. The number of thiophene rings is 1. The summed E-state index contributed by atoms with van der Waals surface area (Å²) in [6.07, 6.45) is 1.76. The lowest BCUT2D eigenvalue weighted by Crippen LogP contribution is -2.06. The van der Waals surface area contributed by atoms with E-state index in [2.05, 4.69) is 22.4 Å². The van der Waals surface area contributed by atoms with Crippen LogP contribution < -0.4 is 11.1 Å². The summed E-state index contributed by atoms with van der Waals surface area (Å²) in [6, 6.07) is 7.97. The molecule has 3 aromatic rings. The standard InChI is InChI=1S/C13H13ClN4S/c1-7(12-2-3-13(14)19-12)17-11-5-10-8(4-9(11)15)6-16-18-10/h2-7,17H,15H2,1H3,(H,16,18). The Morgan fingerprint density at radius 3 is 3.00 bits per heavy atom. The van der Waals surface area contributed by atoms with Gasteiger partial charge in [-0.25, -0.2) is 0 Å². The minimum Gasteiger partial charge on any atom is -0.397 e. The fourth-order valence-corrected chi connectivity index (χ4v) is 3.06. The van der Waals surface area contributed by atoms with Gasteiger partial charge in [-0.15, -0.1) is 11.3 Å². The van der Waals surface area contributed by atoms with Crippen molar-refractivity contribution in [2.24, 2.45) is 0 Å². The van der Waals surface area contributed by atoms with Crippen LogP contribution in [0.3, 0.4) is 0 Å². The lowest BCUT2D eigenvalue weighted by Gasteiger charge is -2.15. The molecule has 0 saturated carbocycles. The quantitative estimate of drug-likeness (QED) is 0.638. The first-order valence-corrected chi connectivity index (χ1v) is 7.07. The highest BCUT2D eigenvalue weighted by molar-refractivity contribution is 7.16. The molecule has 0 radical (unpaired) electrons. The Morgan fingerprint density at radius 2 is 2.26 bits per heavy atom. The number of anilines is 2. The van der Waals surface area contributed by atoms with Crippen molar-refractivity contribution < 1.29 is 0 Å². The minimum absolute atomic E-state index is 0.153. The molecule has 1 aromatic carbocycles. The number of aromatic nitrogens is 2. The van der Waals surface area contributed by atoms with E-state index in [0.717, 1.165) is 20.9 Å². The lowest BCUT2D eigenvalue weighted by atomic mass is 10.2. The highest BCUT2D eigenvalue weighted by Gasteiger charge is 2.11. The van der Waals surface area contributed by atoms with Crippen molar-refractivity contribution >= 4 is 45.2 Å². The summed E-state index contributed by atoms with van der Waals surface area (Å²) in [5.74, 6) is 0. The number of nitrogen functional groups attached to an aromatic ring is 1. The highest BCUT2D eigenvalue weighted by Crippen LogP contribution is 2.32. The molecule has 0 saturated heterocycles. The molecule has 1 atom stereocenters. The van der Waals surface area contributed by atoms with Gasteiger partial charge >= 0.3 is 0 Å². The van der Waals surface area contributed by atoms with E-state index in [0.29, 0.717) is 5.69 Å². The van der Waals surface area contributed by atoms with Crippen LogP contribution >= 0.6 is 22.9 Å². The third kappa shape index (κ3) is 2.39. The van der Waals surface area contributed by atoms with Crippen molar-refractivity contribution in [3.8, 4) is 0 Å².